The molecule has 2 unspecified atom stereocenters. The highest BCUT2D eigenvalue weighted by Gasteiger charge is 2.58. The Hall–Kier alpha value is -1.37. The van der Waals surface area contributed by atoms with E-state index in [0.29, 0.717) is 5.56 Å². The quantitative estimate of drug-likeness (QED) is 0.615. The lowest BCUT2D eigenvalue weighted by molar-refractivity contribution is 0.0588. The molecule has 0 spiro atoms. The number of hydrogen-bond donors (Lipinski definition) is 0. The van der Waals surface area contributed by atoms with E-state index in [2.05, 4.69) is 11.0 Å². The van der Waals surface area contributed by atoms with Gasteiger partial charge in [-0.3, -0.25) is 4.90 Å². The molecule has 3 nitrogen and oxygen atoms in total. The van der Waals surface area contributed by atoms with Crippen LogP contribution in [0, 0.1) is 11.3 Å². The molecule has 14 heavy (non-hydrogen) atoms. The number of rotatable bonds is 1. The van der Waals surface area contributed by atoms with Gasteiger partial charge in [0.1, 0.15) is 0 Å². The molecular formula is C11H10N2O. The van der Waals surface area contributed by atoms with E-state index in [9.17, 15) is 0 Å². The van der Waals surface area contributed by atoms with Gasteiger partial charge in [0, 0.05) is 18.7 Å². The van der Waals surface area contributed by atoms with E-state index < -0.39 is 0 Å². The van der Waals surface area contributed by atoms with Gasteiger partial charge in [0.2, 0.25) is 0 Å². The molecule has 2 aliphatic heterocycles. The van der Waals surface area contributed by atoms with Crippen LogP contribution in [-0.2, 0) is 10.5 Å². The molecule has 2 heterocycles. The molecule has 0 N–H and O–H groups in total. The van der Waals surface area contributed by atoms with Crippen LogP contribution in [0.4, 0.5) is 0 Å². The van der Waals surface area contributed by atoms with Crippen molar-refractivity contribution in [3.05, 3.63) is 35.4 Å². The number of fused-ring (bicyclic) bond motifs is 1. The molecule has 0 bridgehead atoms. The lowest BCUT2D eigenvalue weighted by atomic mass is 10.1. The van der Waals surface area contributed by atoms with Gasteiger partial charge in [0.25, 0.3) is 0 Å². The van der Waals surface area contributed by atoms with Crippen LogP contribution >= 0.6 is 0 Å². The van der Waals surface area contributed by atoms with Crippen LogP contribution in [0.15, 0.2) is 24.3 Å². The van der Waals surface area contributed by atoms with E-state index in [1.165, 1.54) is 5.56 Å². The van der Waals surface area contributed by atoms with Crippen molar-refractivity contribution < 1.29 is 4.74 Å². The van der Waals surface area contributed by atoms with Crippen molar-refractivity contribution in [1.82, 2.24) is 4.90 Å². The lowest BCUT2D eigenvalue weighted by Gasteiger charge is -2.10. The zero-order valence-electron chi connectivity index (χ0n) is 7.73. The standard InChI is InChI=1S/C11H10N2O/c12-7-9-1-3-10(4-2-9)11-8-13(11)5-6-14-11/h1-4H,5-6,8H2. The molecule has 2 atom stereocenters. The van der Waals surface area contributed by atoms with Gasteiger partial charge in [0.15, 0.2) is 5.72 Å². The van der Waals surface area contributed by atoms with Crippen molar-refractivity contribution in [2.45, 2.75) is 5.72 Å². The minimum Gasteiger partial charge on any atom is -0.353 e. The predicted molar refractivity (Wildman–Crippen MR) is 50.4 cm³/mol. The monoisotopic (exact) mass is 186 g/mol. The van der Waals surface area contributed by atoms with Gasteiger partial charge >= 0.3 is 0 Å². The first-order valence-corrected chi connectivity index (χ1v) is 4.75. The molecule has 2 aliphatic rings. The maximum atomic E-state index is 8.68. The first-order valence-electron chi connectivity index (χ1n) is 4.75. The normalized spacial score (nSPS) is 33.5. The van der Waals surface area contributed by atoms with Crippen LogP contribution in [0.5, 0.6) is 0 Å². The van der Waals surface area contributed by atoms with E-state index in [-0.39, 0.29) is 5.72 Å². The van der Waals surface area contributed by atoms with E-state index in [1.54, 1.807) is 0 Å². The van der Waals surface area contributed by atoms with E-state index in [0.717, 1.165) is 19.7 Å². The number of nitriles is 1. The summed E-state index contributed by atoms with van der Waals surface area (Å²) in [5.41, 5.74) is 1.75. The van der Waals surface area contributed by atoms with Gasteiger partial charge in [-0.25, -0.2) is 0 Å². The van der Waals surface area contributed by atoms with Crippen LogP contribution in [-0.4, -0.2) is 24.6 Å². The summed E-state index contributed by atoms with van der Waals surface area (Å²) in [6, 6.07) is 9.80. The average Bonchev–Trinajstić information content (AvgIpc) is 2.82. The Morgan fingerprint density at radius 3 is 2.64 bits per heavy atom. The van der Waals surface area contributed by atoms with Crippen LogP contribution in [0.1, 0.15) is 11.1 Å². The molecule has 0 saturated carbocycles. The minimum absolute atomic E-state index is 0.131. The fourth-order valence-corrected chi connectivity index (χ4v) is 2.11. The molecule has 1 aromatic rings. The molecule has 0 aromatic heterocycles. The summed E-state index contributed by atoms with van der Waals surface area (Å²) in [5.74, 6) is 0. The van der Waals surface area contributed by atoms with E-state index in [4.69, 9.17) is 10.00 Å². The SMILES string of the molecule is N#Cc1ccc(C23CN2CCO3)cc1. The van der Waals surface area contributed by atoms with Gasteiger partial charge in [-0.1, -0.05) is 12.1 Å². The van der Waals surface area contributed by atoms with Crippen molar-refractivity contribution in [2.75, 3.05) is 19.7 Å². The Kier molecular flexibility index (Phi) is 1.46. The number of ether oxygens (including phenoxy) is 1. The molecule has 1 aromatic carbocycles. The number of morpholine rings is 1. The Bertz CT molecular complexity index is 406. The van der Waals surface area contributed by atoms with Gasteiger partial charge in [-0.05, 0) is 12.1 Å². The highest BCUT2D eigenvalue weighted by molar-refractivity contribution is 5.36. The topological polar surface area (TPSA) is 36.0 Å². The molecular weight excluding hydrogens is 176 g/mol. The molecule has 3 rings (SSSR count). The fourth-order valence-electron chi connectivity index (χ4n) is 2.11. The summed E-state index contributed by atoms with van der Waals surface area (Å²) in [5, 5.41) is 8.68. The van der Waals surface area contributed by atoms with Gasteiger partial charge < -0.3 is 4.74 Å². The zero-order chi connectivity index (χ0) is 9.60. The van der Waals surface area contributed by atoms with Gasteiger partial charge in [-0.2, -0.15) is 5.26 Å². The number of benzene rings is 1. The van der Waals surface area contributed by atoms with Crippen molar-refractivity contribution in [3.8, 4) is 6.07 Å². The molecule has 2 fully saturated rings. The van der Waals surface area contributed by atoms with Crippen LogP contribution in [0.3, 0.4) is 0 Å². The van der Waals surface area contributed by atoms with Gasteiger partial charge in [0.05, 0.1) is 18.2 Å². The van der Waals surface area contributed by atoms with E-state index >= 15 is 0 Å². The number of hydrogen-bond acceptors (Lipinski definition) is 3. The predicted octanol–water partition coefficient (Wildman–Crippen LogP) is 1.06. The maximum absolute atomic E-state index is 8.68. The van der Waals surface area contributed by atoms with Crippen molar-refractivity contribution in [3.63, 3.8) is 0 Å². The summed E-state index contributed by atoms with van der Waals surface area (Å²) in [7, 11) is 0. The largest absolute Gasteiger partial charge is 0.353 e. The second-order valence-corrected chi connectivity index (χ2v) is 3.74. The zero-order valence-corrected chi connectivity index (χ0v) is 7.73. The maximum Gasteiger partial charge on any atom is 0.160 e. The minimum atomic E-state index is -0.131. The van der Waals surface area contributed by atoms with E-state index in [1.807, 2.05) is 24.3 Å². The third kappa shape index (κ3) is 0.926. The molecule has 70 valence electrons. The number of nitrogens with zero attached hydrogens (tertiary/aromatic N) is 2. The van der Waals surface area contributed by atoms with Crippen molar-refractivity contribution in [2.24, 2.45) is 0 Å². The highest BCUT2D eigenvalue weighted by atomic mass is 16.5. The Morgan fingerprint density at radius 2 is 2.14 bits per heavy atom. The Balaban J connectivity index is 1.95. The summed E-state index contributed by atoms with van der Waals surface area (Å²) in [4.78, 5) is 2.30. The third-order valence-electron chi connectivity index (χ3n) is 2.98. The second kappa shape index (κ2) is 2.57. The molecule has 0 amide bonds. The van der Waals surface area contributed by atoms with Crippen LogP contribution in [0.25, 0.3) is 0 Å². The molecule has 2 saturated heterocycles. The Labute approximate surface area is 82.5 Å². The highest BCUT2D eigenvalue weighted by Crippen LogP contribution is 2.46. The molecule has 3 heteroatoms. The lowest BCUT2D eigenvalue weighted by Crippen LogP contribution is -2.11. The van der Waals surface area contributed by atoms with Crippen molar-refractivity contribution >= 4 is 0 Å². The van der Waals surface area contributed by atoms with Crippen LogP contribution in [0.2, 0.25) is 0 Å². The second-order valence-electron chi connectivity index (χ2n) is 3.74. The summed E-state index contributed by atoms with van der Waals surface area (Å²) in [6.07, 6.45) is 0. The summed E-state index contributed by atoms with van der Waals surface area (Å²) < 4.78 is 5.72. The fraction of sp³-hybridized carbons (Fsp3) is 0.364. The summed E-state index contributed by atoms with van der Waals surface area (Å²) in [6.45, 7) is 2.85. The summed E-state index contributed by atoms with van der Waals surface area (Å²) >= 11 is 0. The van der Waals surface area contributed by atoms with Crippen molar-refractivity contribution in [1.29, 1.82) is 5.26 Å². The molecule has 0 aliphatic carbocycles. The average molecular weight is 186 g/mol. The third-order valence-corrected chi connectivity index (χ3v) is 2.98. The van der Waals surface area contributed by atoms with Gasteiger partial charge in [-0.15, -0.1) is 0 Å². The smallest absolute Gasteiger partial charge is 0.160 e. The first-order chi connectivity index (χ1) is 6.85. The first kappa shape index (κ1) is 7.98. The Morgan fingerprint density at radius 1 is 1.36 bits per heavy atom. The van der Waals surface area contributed by atoms with Crippen LogP contribution < -0.4 is 0 Å². The molecule has 0 radical (unpaired) electrons.